The van der Waals surface area contributed by atoms with Crippen molar-refractivity contribution in [2.75, 3.05) is 13.7 Å². The number of rotatable bonds is 4. The Bertz CT molecular complexity index is 462. The van der Waals surface area contributed by atoms with Gasteiger partial charge in [0.15, 0.2) is 0 Å². The number of ether oxygens (including phenoxy) is 1. The molecular weight excluding hydrogens is 236 g/mol. The Morgan fingerprint density at radius 3 is 2.39 bits per heavy atom. The van der Waals surface area contributed by atoms with Gasteiger partial charge in [-0.3, -0.25) is 0 Å². The highest BCUT2D eigenvalue weighted by Gasteiger charge is 2.47. The minimum absolute atomic E-state index is 0.0506. The van der Waals surface area contributed by atoms with Crippen LogP contribution in [0.4, 0.5) is 8.78 Å². The van der Waals surface area contributed by atoms with Gasteiger partial charge >= 0.3 is 0 Å². The average Bonchev–Trinajstić information content (AvgIpc) is 3.07. The molecule has 2 rings (SSSR count). The molecule has 0 atom stereocenters. The van der Waals surface area contributed by atoms with Gasteiger partial charge in [-0.1, -0.05) is 6.07 Å². The maximum atomic E-state index is 13.6. The van der Waals surface area contributed by atoms with Crippen LogP contribution in [0.3, 0.4) is 0 Å². The molecule has 0 spiro atoms. The number of hydrogen-bond acceptors (Lipinski definition) is 2. The molecule has 0 radical (unpaired) electrons. The van der Waals surface area contributed by atoms with E-state index in [2.05, 4.69) is 0 Å². The Morgan fingerprint density at radius 2 is 2.00 bits per heavy atom. The van der Waals surface area contributed by atoms with Crippen LogP contribution < -0.4 is 10.5 Å². The van der Waals surface area contributed by atoms with Crippen molar-refractivity contribution < 1.29 is 13.5 Å². The van der Waals surface area contributed by atoms with Crippen molar-refractivity contribution in [1.82, 2.24) is 0 Å². The normalized spacial score (nSPS) is 17.7. The van der Waals surface area contributed by atoms with E-state index in [-0.39, 0.29) is 11.0 Å². The summed E-state index contributed by atoms with van der Waals surface area (Å²) in [6.07, 6.45) is 1.89. The highest BCUT2D eigenvalue weighted by molar-refractivity contribution is 5.54. The predicted octanol–water partition coefficient (Wildman–Crippen LogP) is 3.11. The number of alkyl halides is 2. The Balaban J connectivity index is 2.65. The summed E-state index contributed by atoms with van der Waals surface area (Å²) in [6, 6.07) is 3.19. The van der Waals surface area contributed by atoms with Crippen molar-refractivity contribution in [3.8, 4) is 5.75 Å². The zero-order valence-corrected chi connectivity index (χ0v) is 11.0. The van der Waals surface area contributed by atoms with E-state index in [1.807, 2.05) is 6.92 Å². The van der Waals surface area contributed by atoms with Crippen molar-refractivity contribution in [3.05, 3.63) is 28.8 Å². The summed E-state index contributed by atoms with van der Waals surface area (Å²) in [7, 11) is 1.44. The molecule has 18 heavy (non-hydrogen) atoms. The summed E-state index contributed by atoms with van der Waals surface area (Å²) >= 11 is 0. The van der Waals surface area contributed by atoms with Crippen molar-refractivity contribution >= 4 is 0 Å². The van der Waals surface area contributed by atoms with E-state index >= 15 is 0 Å². The maximum Gasteiger partial charge on any atom is 0.274 e. The molecule has 2 nitrogen and oxygen atoms in total. The molecule has 100 valence electrons. The molecule has 1 aliphatic rings. The molecule has 1 aliphatic carbocycles. The number of methoxy groups -OCH3 is 1. The van der Waals surface area contributed by atoms with E-state index in [0.717, 1.165) is 30.9 Å². The molecule has 2 N–H and O–H groups in total. The Labute approximate surface area is 106 Å². The van der Waals surface area contributed by atoms with Gasteiger partial charge in [-0.15, -0.1) is 0 Å². The lowest BCUT2D eigenvalue weighted by Crippen LogP contribution is -2.23. The molecule has 1 aromatic carbocycles. The lowest BCUT2D eigenvalue weighted by atomic mass is 9.88. The van der Waals surface area contributed by atoms with Crippen LogP contribution in [-0.4, -0.2) is 13.7 Å². The molecular formula is C14H19F2NO. The number of halogens is 2. The summed E-state index contributed by atoms with van der Waals surface area (Å²) < 4.78 is 32.5. The predicted molar refractivity (Wildman–Crippen MR) is 67.3 cm³/mol. The summed E-state index contributed by atoms with van der Waals surface area (Å²) in [5, 5.41) is 0. The topological polar surface area (TPSA) is 35.2 Å². The van der Waals surface area contributed by atoms with Crippen LogP contribution in [0, 0.1) is 6.92 Å². The van der Waals surface area contributed by atoms with Gasteiger partial charge in [-0.2, -0.15) is 0 Å². The van der Waals surface area contributed by atoms with Gasteiger partial charge in [0.2, 0.25) is 0 Å². The van der Waals surface area contributed by atoms with Crippen LogP contribution >= 0.6 is 0 Å². The average molecular weight is 255 g/mol. The van der Waals surface area contributed by atoms with Crippen molar-refractivity contribution in [2.45, 2.75) is 38.0 Å². The summed E-state index contributed by atoms with van der Waals surface area (Å²) in [4.78, 5) is 0. The van der Waals surface area contributed by atoms with Gasteiger partial charge in [-0.25, -0.2) is 8.78 Å². The standard InChI is InChI=1S/C14H19F2NO/c1-9-4-5-10(13(2,15)16)12(18-3)11(9)14(8-17)6-7-14/h4-5H,6-8,17H2,1-3H3. The smallest absolute Gasteiger partial charge is 0.274 e. The van der Waals surface area contributed by atoms with Crippen LogP contribution in [0.2, 0.25) is 0 Å². The quantitative estimate of drug-likeness (QED) is 0.897. The van der Waals surface area contributed by atoms with E-state index in [1.54, 1.807) is 6.07 Å². The number of benzene rings is 1. The number of aryl methyl sites for hydroxylation is 1. The van der Waals surface area contributed by atoms with Gasteiger partial charge < -0.3 is 10.5 Å². The molecule has 4 heteroatoms. The second kappa shape index (κ2) is 4.19. The van der Waals surface area contributed by atoms with Crippen LogP contribution in [0.25, 0.3) is 0 Å². The molecule has 1 fully saturated rings. The minimum Gasteiger partial charge on any atom is -0.496 e. The number of nitrogens with two attached hydrogens (primary N) is 1. The lowest BCUT2D eigenvalue weighted by Gasteiger charge is -2.24. The van der Waals surface area contributed by atoms with Gasteiger partial charge in [0.1, 0.15) is 5.75 Å². The van der Waals surface area contributed by atoms with Crippen molar-refractivity contribution in [2.24, 2.45) is 5.73 Å². The molecule has 0 heterocycles. The van der Waals surface area contributed by atoms with E-state index in [0.29, 0.717) is 12.3 Å². The monoisotopic (exact) mass is 255 g/mol. The van der Waals surface area contributed by atoms with E-state index in [4.69, 9.17) is 10.5 Å². The van der Waals surface area contributed by atoms with Gasteiger partial charge in [-0.05, 0) is 31.4 Å². The Morgan fingerprint density at radius 1 is 1.39 bits per heavy atom. The summed E-state index contributed by atoms with van der Waals surface area (Å²) in [6.45, 7) is 3.29. The van der Waals surface area contributed by atoms with Crippen molar-refractivity contribution in [1.29, 1.82) is 0 Å². The first-order chi connectivity index (χ1) is 8.35. The molecule has 0 aromatic heterocycles. The first kappa shape index (κ1) is 13.3. The highest BCUT2D eigenvalue weighted by atomic mass is 19.3. The first-order valence-corrected chi connectivity index (χ1v) is 6.12. The first-order valence-electron chi connectivity index (χ1n) is 6.12. The highest BCUT2D eigenvalue weighted by Crippen LogP contribution is 2.53. The second-order valence-corrected chi connectivity index (χ2v) is 5.21. The minimum atomic E-state index is -2.90. The largest absolute Gasteiger partial charge is 0.496 e. The second-order valence-electron chi connectivity index (χ2n) is 5.21. The zero-order chi connectivity index (χ0) is 13.6. The fourth-order valence-electron chi connectivity index (χ4n) is 2.60. The van der Waals surface area contributed by atoms with Gasteiger partial charge in [0.25, 0.3) is 5.92 Å². The van der Waals surface area contributed by atoms with Crippen LogP contribution in [0.5, 0.6) is 5.75 Å². The van der Waals surface area contributed by atoms with Gasteiger partial charge in [0.05, 0.1) is 12.7 Å². The zero-order valence-electron chi connectivity index (χ0n) is 11.0. The molecule has 0 bridgehead atoms. The van der Waals surface area contributed by atoms with Crippen LogP contribution in [0.15, 0.2) is 12.1 Å². The molecule has 0 aliphatic heterocycles. The maximum absolute atomic E-state index is 13.6. The SMILES string of the molecule is COc1c(C(C)(F)F)ccc(C)c1C1(CN)CC1. The summed E-state index contributed by atoms with van der Waals surface area (Å²) in [5.41, 5.74) is 7.44. The Kier molecular flexibility index (Phi) is 3.09. The third-order valence-electron chi connectivity index (χ3n) is 3.82. The van der Waals surface area contributed by atoms with Crippen LogP contribution in [-0.2, 0) is 11.3 Å². The van der Waals surface area contributed by atoms with Crippen molar-refractivity contribution in [3.63, 3.8) is 0 Å². The van der Waals surface area contributed by atoms with E-state index in [9.17, 15) is 8.78 Å². The van der Waals surface area contributed by atoms with Crippen LogP contribution in [0.1, 0.15) is 36.5 Å². The molecule has 0 amide bonds. The molecule has 0 unspecified atom stereocenters. The fraction of sp³-hybridized carbons (Fsp3) is 0.571. The molecule has 1 aromatic rings. The lowest BCUT2D eigenvalue weighted by molar-refractivity contribution is 0.0149. The summed E-state index contributed by atoms with van der Waals surface area (Å²) in [5.74, 6) is -2.59. The van der Waals surface area contributed by atoms with E-state index in [1.165, 1.54) is 13.2 Å². The van der Waals surface area contributed by atoms with Gasteiger partial charge in [0, 0.05) is 24.4 Å². The molecule has 0 saturated heterocycles. The molecule has 1 saturated carbocycles. The third kappa shape index (κ3) is 1.99. The Hall–Kier alpha value is -1.16. The fourth-order valence-corrected chi connectivity index (χ4v) is 2.60. The van der Waals surface area contributed by atoms with E-state index < -0.39 is 5.92 Å². The number of hydrogen-bond donors (Lipinski definition) is 1. The third-order valence-corrected chi connectivity index (χ3v) is 3.82.